The van der Waals surface area contributed by atoms with Crippen LogP contribution in [0.5, 0.6) is 0 Å². The largest absolute Gasteiger partial charge is 0.351 e. The number of hydrogen-bond acceptors (Lipinski definition) is 5. The van der Waals surface area contributed by atoms with Crippen LogP contribution in [-0.2, 0) is 19.4 Å². The minimum absolute atomic E-state index is 0.0132. The molecule has 3 amide bonds. The van der Waals surface area contributed by atoms with Crippen LogP contribution >= 0.6 is 0 Å². The number of H-pyrrole nitrogens is 1. The van der Waals surface area contributed by atoms with Crippen LogP contribution in [0.4, 0.5) is 0 Å². The van der Waals surface area contributed by atoms with Crippen LogP contribution in [0.1, 0.15) is 16.9 Å². The summed E-state index contributed by atoms with van der Waals surface area (Å²) in [6.07, 6.45) is 0.307. The number of amides is 3. The van der Waals surface area contributed by atoms with Crippen LogP contribution in [0.2, 0.25) is 0 Å². The van der Waals surface area contributed by atoms with Gasteiger partial charge in [0.15, 0.2) is 9.84 Å². The summed E-state index contributed by atoms with van der Waals surface area (Å²) in [6.45, 7) is 0.214. The molecule has 1 unspecified atom stereocenters. The Kier molecular flexibility index (Phi) is 5.45. The van der Waals surface area contributed by atoms with Crippen molar-refractivity contribution in [1.82, 2.24) is 20.9 Å². The molecule has 1 fully saturated rings. The second-order valence-electron chi connectivity index (χ2n) is 6.36. The molecule has 144 valence electrons. The molecule has 27 heavy (non-hydrogen) atoms. The summed E-state index contributed by atoms with van der Waals surface area (Å²) >= 11 is 0. The maximum Gasteiger partial charge on any atom is 0.309 e. The van der Waals surface area contributed by atoms with E-state index in [4.69, 9.17) is 0 Å². The average molecular weight is 392 g/mol. The van der Waals surface area contributed by atoms with Gasteiger partial charge < -0.3 is 20.9 Å². The van der Waals surface area contributed by atoms with Gasteiger partial charge >= 0.3 is 11.8 Å². The smallest absolute Gasteiger partial charge is 0.309 e. The predicted molar refractivity (Wildman–Crippen MR) is 98.8 cm³/mol. The second-order valence-corrected chi connectivity index (χ2v) is 8.58. The van der Waals surface area contributed by atoms with E-state index in [-0.39, 0.29) is 30.5 Å². The third-order valence-corrected chi connectivity index (χ3v) is 6.01. The van der Waals surface area contributed by atoms with Crippen LogP contribution in [0, 0.1) is 0 Å². The molecule has 0 aliphatic carbocycles. The van der Waals surface area contributed by atoms with Gasteiger partial charge in [0, 0.05) is 30.0 Å². The summed E-state index contributed by atoms with van der Waals surface area (Å²) in [7, 11) is -3.13. The molecule has 2 aromatic rings. The van der Waals surface area contributed by atoms with Crippen molar-refractivity contribution in [2.45, 2.75) is 12.5 Å². The zero-order valence-electron chi connectivity index (χ0n) is 14.4. The number of aromatic nitrogens is 1. The fraction of sp³-hybridized carbons (Fsp3) is 0.353. The van der Waals surface area contributed by atoms with Gasteiger partial charge in [-0.3, -0.25) is 14.4 Å². The lowest BCUT2D eigenvalue weighted by Gasteiger charge is -2.11. The molecule has 1 atom stereocenters. The topological polar surface area (TPSA) is 137 Å². The first-order valence-electron chi connectivity index (χ1n) is 8.49. The first-order valence-corrected chi connectivity index (χ1v) is 10.3. The van der Waals surface area contributed by atoms with Gasteiger partial charge in [-0.1, -0.05) is 18.2 Å². The molecule has 9 nitrogen and oxygen atoms in total. The Hall–Kier alpha value is -2.88. The van der Waals surface area contributed by atoms with Gasteiger partial charge in [0.2, 0.25) is 0 Å². The van der Waals surface area contributed by atoms with E-state index >= 15 is 0 Å². The van der Waals surface area contributed by atoms with E-state index in [2.05, 4.69) is 20.9 Å². The quantitative estimate of drug-likeness (QED) is 0.395. The van der Waals surface area contributed by atoms with Gasteiger partial charge in [0.05, 0.1) is 11.5 Å². The number of benzene rings is 1. The first kappa shape index (κ1) is 18.9. The molecule has 0 spiro atoms. The number of carbonyl (C=O) groups excluding carboxylic acids is 3. The van der Waals surface area contributed by atoms with Crippen molar-refractivity contribution in [3.63, 3.8) is 0 Å². The molecular weight excluding hydrogens is 372 g/mol. The van der Waals surface area contributed by atoms with Crippen molar-refractivity contribution in [1.29, 1.82) is 0 Å². The highest BCUT2D eigenvalue weighted by Gasteiger charge is 2.30. The van der Waals surface area contributed by atoms with Crippen molar-refractivity contribution in [2.24, 2.45) is 0 Å². The zero-order valence-corrected chi connectivity index (χ0v) is 15.3. The summed E-state index contributed by atoms with van der Waals surface area (Å²) in [4.78, 5) is 38.6. The summed E-state index contributed by atoms with van der Waals surface area (Å²) < 4.78 is 22.7. The first-order chi connectivity index (χ1) is 12.8. The molecule has 2 heterocycles. The number of sulfone groups is 1. The Bertz CT molecular complexity index is 949. The monoisotopic (exact) mass is 392 g/mol. The number of nitrogens with one attached hydrogen (secondary N) is 4. The number of fused-ring (bicyclic) bond motifs is 1. The Balaban J connectivity index is 1.39. The number of hydrogen-bond donors (Lipinski definition) is 4. The predicted octanol–water partition coefficient (Wildman–Crippen LogP) is -0.683. The maximum absolute atomic E-state index is 12.1. The molecule has 1 aromatic heterocycles. The zero-order chi connectivity index (χ0) is 19.4. The van der Waals surface area contributed by atoms with E-state index in [1.807, 2.05) is 24.3 Å². The molecule has 0 bridgehead atoms. The SMILES string of the molecule is O=C(NCCNC(=O)c1cc2ccccc2[nH]1)C(=O)NC1CCS(=O)(=O)C1. The summed E-state index contributed by atoms with van der Waals surface area (Å²) in [5.74, 6) is -2.19. The van der Waals surface area contributed by atoms with Crippen molar-refractivity contribution < 1.29 is 22.8 Å². The third-order valence-electron chi connectivity index (χ3n) is 4.24. The van der Waals surface area contributed by atoms with Gasteiger partial charge in [-0.2, -0.15) is 0 Å². The van der Waals surface area contributed by atoms with E-state index in [0.29, 0.717) is 12.1 Å². The van der Waals surface area contributed by atoms with Gasteiger partial charge in [-0.05, 0) is 18.6 Å². The minimum Gasteiger partial charge on any atom is -0.351 e. The van der Waals surface area contributed by atoms with E-state index in [0.717, 1.165) is 10.9 Å². The van der Waals surface area contributed by atoms with Crippen LogP contribution < -0.4 is 16.0 Å². The number of rotatable bonds is 5. The van der Waals surface area contributed by atoms with Crippen LogP contribution in [-0.4, -0.2) is 61.8 Å². The fourth-order valence-corrected chi connectivity index (χ4v) is 4.56. The lowest BCUT2D eigenvalue weighted by molar-refractivity contribution is -0.139. The summed E-state index contributed by atoms with van der Waals surface area (Å²) in [5, 5.41) is 8.35. The van der Waals surface area contributed by atoms with Gasteiger partial charge in [0.1, 0.15) is 5.69 Å². The molecular formula is C17H20N4O5S. The van der Waals surface area contributed by atoms with E-state index in [1.54, 1.807) is 6.07 Å². The minimum atomic E-state index is -3.13. The molecule has 1 aromatic carbocycles. The molecule has 4 N–H and O–H groups in total. The molecule has 0 radical (unpaired) electrons. The van der Waals surface area contributed by atoms with Gasteiger partial charge in [-0.25, -0.2) is 8.42 Å². The van der Waals surface area contributed by atoms with E-state index in [1.165, 1.54) is 0 Å². The molecule has 1 aliphatic rings. The Morgan fingerprint density at radius 1 is 1.07 bits per heavy atom. The van der Waals surface area contributed by atoms with Gasteiger partial charge in [0.25, 0.3) is 5.91 Å². The normalized spacial score (nSPS) is 18.1. The Morgan fingerprint density at radius 3 is 2.52 bits per heavy atom. The lowest BCUT2D eigenvalue weighted by Crippen LogP contribution is -2.46. The molecule has 10 heteroatoms. The van der Waals surface area contributed by atoms with Crippen molar-refractivity contribution in [2.75, 3.05) is 24.6 Å². The van der Waals surface area contributed by atoms with E-state index < -0.39 is 27.7 Å². The highest BCUT2D eigenvalue weighted by molar-refractivity contribution is 7.91. The molecule has 1 aliphatic heterocycles. The Labute approximate surface area is 155 Å². The summed E-state index contributed by atoms with van der Waals surface area (Å²) in [6, 6.07) is 8.68. The van der Waals surface area contributed by atoms with Crippen LogP contribution in [0.15, 0.2) is 30.3 Å². The van der Waals surface area contributed by atoms with Crippen LogP contribution in [0.25, 0.3) is 10.9 Å². The number of aromatic amines is 1. The number of carbonyl (C=O) groups is 3. The molecule has 3 rings (SSSR count). The Morgan fingerprint density at radius 2 is 1.81 bits per heavy atom. The van der Waals surface area contributed by atoms with Crippen molar-refractivity contribution in [3.8, 4) is 0 Å². The highest BCUT2D eigenvalue weighted by Crippen LogP contribution is 2.14. The van der Waals surface area contributed by atoms with Gasteiger partial charge in [-0.15, -0.1) is 0 Å². The third kappa shape index (κ3) is 4.85. The lowest BCUT2D eigenvalue weighted by atomic mass is 10.2. The highest BCUT2D eigenvalue weighted by atomic mass is 32.2. The van der Waals surface area contributed by atoms with Crippen molar-refractivity contribution >= 4 is 38.5 Å². The maximum atomic E-state index is 12.1. The second kappa shape index (κ2) is 7.78. The fourth-order valence-electron chi connectivity index (χ4n) is 2.88. The standard InChI is InChI=1S/C17H20N4O5S/c22-15(14-9-11-3-1-2-4-13(11)21-14)18-6-7-19-16(23)17(24)20-12-5-8-27(25,26)10-12/h1-4,9,12,21H,5-8,10H2,(H,18,22)(H,19,23)(H,20,24). The van der Waals surface area contributed by atoms with E-state index in [9.17, 15) is 22.8 Å². The van der Waals surface area contributed by atoms with Crippen LogP contribution in [0.3, 0.4) is 0 Å². The van der Waals surface area contributed by atoms with Crippen molar-refractivity contribution in [3.05, 3.63) is 36.0 Å². The number of para-hydroxylation sites is 1. The molecule has 0 saturated carbocycles. The summed E-state index contributed by atoms with van der Waals surface area (Å²) in [5.41, 5.74) is 1.25. The average Bonchev–Trinajstić information content (AvgIpc) is 3.21. The molecule has 1 saturated heterocycles.